The second-order valence-electron chi connectivity index (χ2n) is 6.14. The molecule has 0 aromatic heterocycles. The summed E-state index contributed by atoms with van der Waals surface area (Å²) < 4.78 is 0. The van der Waals surface area contributed by atoms with Crippen LogP contribution >= 0.6 is 0 Å². The lowest BCUT2D eigenvalue weighted by molar-refractivity contribution is 0.143. The predicted octanol–water partition coefficient (Wildman–Crippen LogP) is 2.29. The minimum atomic E-state index is -0.518. The quantitative estimate of drug-likeness (QED) is 0.868. The van der Waals surface area contributed by atoms with E-state index in [1.54, 1.807) is 14.0 Å². The van der Waals surface area contributed by atoms with Crippen molar-refractivity contribution in [2.24, 2.45) is 0 Å². The van der Waals surface area contributed by atoms with E-state index < -0.39 is 6.10 Å². The average molecular weight is 278 g/mol. The number of likely N-dealkylation sites (N-methyl/N-ethyl adjacent to an activating group) is 1. The van der Waals surface area contributed by atoms with Gasteiger partial charge in [-0.1, -0.05) is 43.7 Å². The Balaban J connectivity index is 2.61. The number of carbonyl (C=O) groups excluding carboxylic acids is 1. The first-order valence-corrected chi connectivity index (χ1v) is 6.96. The molecule has 0 spiro atoms. The highest BCUT2D eigenvalue weighted by Crippen LogP contribution is 2.23. The molecule has 2 N–H and O–H groups in total. The molecule has 1 aromatic carbocycles. The van der Waals surface area contributed by atoms with Crippen LogP contribution in [-0.2, 0) is 5.41 Å². The highest BCUT2D eigenvalue weighted by atomic mass is 16.3. The van der Waals surface area contributed by atoms with E-state index in [1.165, 1.54) is 16.0 Å². The van der Waals surface area contributed by atoms with Crippen molar-refractivity contribution in [2.45, 2.75) is 39.2 Å². The predicted molar refractivity (Wildman–Crippen MR) is 81.9 cm³/mol. The third-order valence-electron chi connectivity index (χ3n) is 3.37. The van der Waals surface area contributed by atoms with Crippen molar-refractivity contribution in [3.05, 3.63) is 35.4 Å². The third kappa shape index (κ3) is 4.85. The second kappa shape index (κ2) is 6.75. The van der Waals surface area contributed by atoms with Gasteiger partial charge in [-0.05, 0) is 19.4 Å². The number of benzene rings is 1. The Morgan fingerprint density at radius 2 is 2.10 bits per heavy atom. The van der Waals surface area contributed by atoms with Gasteiger partial charge in [-0.3, -0.25) is 0 Å². The molecule has 0 heterocycles. The summed E-state index contributed by atoms with van der Waals surface area (Å²) in [4.78, 5) is 13.4. The Hall–Kier alpha value is -1.55. The standard InChI is InChI=1S/C16H26N2O2/c1-12-7-6-8-14(9-12)16(3,4)11-17-15(20)18(5)10-13(2)19/h6-9,13,19H,10-11H2,1-5H3,(H,17,20). The minimum absolute atomic E-state index is 0.132. The molecule has 2 amide bonds. The summed E-state index contributed by atoms with van der Waals surface area (Å²) in [5.41, 5.74) is 2.29. The van der Waals surface area contributed by atoms with E-state index in [1.807, 2.05) is 6.07 Å². The summed E-state index contributed by atoms with van der Waals surface area (Å²) in [5.74, 6) is 0. The van der Waals surface area contributed by atoms with Crippen LogP contribution < -0.4 is 5.32 Å². The fraction of sp³-hybridized carbons (Fsp3) is 0.562. The zero-order valence-electron chi connectivity index (χ0n) is 13.1. The number of urea groups is 1. The molecule has 0 aliphatic heterocycles. The van der Waals surface area contributed by atoms with Gasteiger partial charge < -0.3 is 15.3 Å². The van der Waals surface area contributed by atoms with Gasteiger partial charge in [0.15, 0.2) is 0 Å². The number of nitrogens with one attached hydrogen (secondary N) is 1. The Kier molecular flexibility index (Phi) is 5.57. The topological polar surface area (TPSA) is 52.6 Å². The second-order valence-corrected chi connectivity index (χ2v) is 6.14. The van der Waals surface area contributed by atoms with Crippen LogP contribution in [0, 0.1) is 6.92 Å². The molecule has 0 saturated heterocycles. The molecule has 4 heteroatoms. The van der Waals surface area contributed by atoms with Crippen molar-refractivity contribution >= 4 is 6.03 Å². The fourth-order valence-electron chi connectivity index (χ4n) is 2.08. The fourth-order valence-corrected chi connectivity index (χ4v) is 2.08. The van der Waals surface area contributed by atoms with E-state index in [0.29, 0.717) is 13.1 Å². The third-order valence-corrected chi connectivity index (χ3v) is 3.37. The molecule has 1 atom stereocenters. The van der Waals surface area contributed by atoms with E-state index in [9.17, 15) is 9.90 Å². The molecule has 0 bridgehead atoms. The monoisotopic (exact) mass is 278 g/mol. The summed E-state index contributed by atoms with van der Waals surface area (Å²) in [6.07, 6.45) is -0.518. The molecule has 0 radical (unpaired) electrons. The van der Waals surface area contributed by atoms with E-state index in [-0.39, 0.29) is 11.4 Å². The Labute approximate surface area is 121 Å². The number of rotatable bonds is 5. The van der Waals surface area contributed by atoms with Gasteiger partial charge >= 0.3 is 6.03 Å². The van der Waals surface area contributed by atoms with Crippen LogP contribution in [0.5, 0.6) is 0 Å². The summed E-state index contributed by atoms with van der Waals surface area (Å²) in [5, 5.41) is 12.2. The summed E-state index contributed by atoms with van der Waals surface area (Å²) in [6.45, 7) is 8.83. The van der Waals surface area contributed by atoms with Gasteiger partial charge in [0.1, 0.15) is 0 Å². The molecule has 1 aromatic rings. The van der Waals surface area contributed by atoms with Gasteiger partial charge in [0.25, 0.3) is 0 Å². The summed E-state index contributed by atoms with van der Waals surface area (Å²) >= 11 is 0. The highest BCUT2D eigenvalue weighted by molar-refractivity contribution is 5.74. The van der Waals surface area contributed by atoms with Crippen molar-refractivity contribution in [1.82, 2.24) is 10.2 Å². The number of carbonyl (C=O) groups is 1. The van der Waals surface area contributed by atoms with E-state index in [0.717, 1.165) is 0 Å². The number of hydrogen-bond donors (Lipinski definition) is 2. The molecule has 4 nitrogen and oxygen atoms in total. The summed E-state index contributed by atoms with van der Waals surface area (Å²) in [7, 11) is 1.68. The Bertz CT molecular complexity index is 456. The van der Waals surface area contributed by atoms with E-state index in [2.05, 4.69) is 44.3 Å². The number of hydrogen-bond acceptors (Lipinski definition) is 2. The maximum atomic E-state index is 11.9. The molecule has 1 rings (SSSR count). The maximum Gasteiger partial charge on any atom is 0.317 e. The molecule has 1 unspecified atom stereocenters. The molecular weight excluding hydrogens is 252 g/mol. The van der Waals surface area contributed by atoms with Crippen LogP contribution in [0.3, 0.4) is 0 Å². The number of aliphatic hydroxyl groups is 1. The van der Waals surface area contributed by atoms with Crippen LogP contribution in [-0.4, -0.2) is 42.3 Å². The van der Waals surface area contributed by atoms with Gasteiger partial charge in [0.2, 0.25) is 0 Å². The number of amides is 2. The SMILES string of the molecule is Cc1cccc(C(C)(C)CNC(=O)N(C)CC(C)O)c1. The molecule has 0 saturated carbocycles. The zero-order valence-corrected chi connectivity index (χ0v) is 13.1. The molecule has 112 valence electrons. The van der Waals surface area contributed by atoms with Gasteiger partial charge in [-0.2, -0.15) is 0 Å². The van der Waals surface area contributed by atoms with Gasteiger partial charge in [-0.15, -0.1) is 0 Å². The molecule has 0 fully saturated rings. The average Bonchev–Trinajstić information content (AvgIpc) is 2.35. The van der Waals surface area contributed by atoms with Crippen LogP contribution in [0.25, 0.3) is 0 Å². The van der Waals surface area contributed by atoms with Crippen molar-refractivity contribution in [1.29, 1.82) is 0 Å². The van der Waals surface area contributed by atoms with Crippen LogP contribution in [0.15, 0.2) is 24.3 Å². The van der Waals surface area contributed by atoms with E-state index >= 15 is 0 Å². The summed E-state index contributed by atoms with van der Waals surface area (Å²) in [6, 6.07) is 8.17. The first-order valence-electron chi connectivity index (χ1n) is 6.96. The van der Waals surface area contributed by atoms with Gasteiger partial charge in [0.05, 0.1) is 6.10 Å². The van der Waals surface area contributed by atoms with Gasteiger partial charge in [-0.25, -0.2) is 4.79 Å². The highest BCUT2D eigenvalue weighted by Gasteiger charge is 2.22. The number of nitrogens with zero attached hydrogens (tertiary/aromatic N) is 1. The largest absolute Gasteiger partial charge is 0.392 e. The molecule has 0 aliphatic carbocycles. The zero-order chi connectivity index (χ0) is 15.3. The Morgan fingerprint density at radius 1 is 1.45 bits per heavy atom. The smallest absolute Gasteiger partial charge is 0.317 e. The minimum Gasteiger partial charge on any atom is -0.392 e. The van der Waals surface area contributed by atoms with Crippen molar-refractivity contribution in [2.75, 3.05) is 20.1 Å². The number of aliphatic hydroxyl groups excluding tert-OH is 1. The molecule has 20 heavy (non-hydrogen) atoms. The first kappa shape index (κ1) is 16.5. The lowest BCUT2D eigenvalue weighted by atomic mass is 9.84. The van der Waals surface area contributed by atoms with Crippen LogP contribution in [0.2, 0.25) is 0 Å². The lowest BCUT2D eigenvalue weighted by Gasteiger charge is -2.28. The van der Waals surface area contributed by atoms with Crippen LogP contribution in [0.4, 0.5) is 4.79 Å². The Morgan fingerprint density at radius 3 is 2.65 bits per heavy atom. The van der Waals surface area contributed by atoms with Gasteiger partial charge in [0, 0.05) is 25.6 Å². The van der Waals surface area contributed by atoms with Crippen molar-refractivity contribution in [3.8, 4) is 0 Å². The van der Waals surface area contributed by atoms with E-state index in [4.69, 9.17) is 0 Å². The number of aryl methyl sites for hydroxylation is 1. The van der Waals surface area contributed by atoms with Crippen molar-refractivity contribution < 1.29 is 9.90 Å². The molecule has 0 aliphatic rings. The maximum absolute atomic E-state index is 11.9. The van der Waals surface area contributed by atoms with Crippen molar-refractivity contribution in [3.63, 3.8) is 0 Å². The first-order chi connectivity index (χ1) is 9.22. The molecular formula is C16H26N2O2. The normalized spacial score (nSPS) is 12.9. The van der Waals surface area contributed by atoms with Crippen LogP contribution in [0.1, 0.15) is 31.9 Å². The lowest BCUT2D eigenvalue weighted by Crippen LogP contribution is -2.45.